The molecule has 3 heteroatoms. The molecule has 1 heterocycles. The average Bonchev–Trinajstić information content (AvgIpc) is 2.82. The van der Waals surface area contributed by atoms with Crippen LogP contribution in [0.3, 0.4) is 0 Å². The molecular weight excluding hydrogens is 258 g/mol. The fraction of sp³-hybridized carbons (Fsp3) is 0.833. The van der Waals surface area contributed by atoms with Gasteiger partial charge >= 0.3 is 0 Å². The zero-order chi connectivity index (χ0) is 15.2. The van der Waals surface area contributed by atoms with Crippen molar-refractivity contribution in [1.82, 2.24) is 15.1 Å². The lowest BCUT2D eigenvalue weighted by molar-refractivity contribution is 0.193. The van der Waals surface area contributed by atoms with E-state index in [0.717, 1.165) is 30.6 Å². The Hall–Kier alpha value is -0.830. The Morgan fingerprint density at radius 3 is 2.76 bits per heavy atom. The Balaban J connectivity index is 2.07. The van der Waals surface area contributed by atoms with Gasteiger partial charge < -0.3 is 5.32 Å². The van der Waals surface area contributed by atoms with Gasteiger partial charge in [0.15, 0.2) is 0 Å². The molecule has 1 aliphatic rings. The van der Waals surface area contributed by atoms with E-state index < -0.39 is 0 Å². The second kappa shape index (κ2) is 7.98. The van der Waals surface area contributed by atoms with Gasteiger partial charge in [-0.2, -0.15) is 5.10 Å². The largest absolute Gasteiger partial charge is 0.314 e. The van der Waals surface area contributed by atoms with Crippen molar-refractivity contribution in [3.63, 3.8) is 0 Å². The lowest BCUT2D eigenvalue weighted by atomic mass is 9.74. The fourth-order valence-electron chi connectivity index (χ4n) is 4.09. The molecule has 21 heavy (non-hydrogen) atoms. The molecule has 0 aromatic carbocycles. The van der Waals surface area contributed by atoms with E-state index >= 15 is 0 Å². The smallest absolute Gasteiger partial charge is 0.0596 e. The summed E-state index contributed by atoms with van der Waals surface area (Å²) in [5.41, 5.74) is 2.59. The van der Waals surface area contributed by atoms with E-state index in [1.54, 1.807) is 0 Å². The summed E-state index contributed by atoms with van der Waals surface area (Å²) in [5, 5.41) is 8.35. The summed E-state index contributed by atoms with van der Waals surface area (Å²) in [7, 11) is 0. The van der Waals surface area contributed by atoms with Crippen LogP contribution >= 0.6 is 0 Å². The van der Waals surface area contributed by atoms with Crippen LogP contribution in [0.1, 0.15) is 64.3 Å². The van der Waals surface area contributed by atoms with Gasteiger partial charge in [-0.1, -0.05) is 26.7 Å². The van der Waals surface area contributed by atoms with Crippen LogP contribution in [0.2, 0.25) is 0 Å². The first kappa shape index (κ1) is 16.5. The number of rotatable bonds is 7. The maximum absolute atomic E-state index is 4.62. The fourth-order valence-corrected chi connectivity index (χ4v) is 4.09. The average molecular weight is 291 g/mol. The lowest BCUT2D eigenvalue weighted by Crippen LogP contribution is -2.41. The minimum absolute atomic E-state index is 0.698. The van der Waals surface area contributed by atoms with Gasteiger partial charge in [0, 0.05) is 18.3 Å². The highest BCUT2D eigenvalue weighted by Crippen LogP contribution is 2.34. The van der Waals surface area contributed by atoms with Crippen LogP contribution in [0.5, 0.6) is 0 Å². The first-order valence-electron chi connectivity index (χ1n) is 8.94. The molecule has 1 N–H and O–H groups in total. The van der Waals surface area contributed by atoms with Gasteiger partial charge in [0.25, 0.3) is 0 Å². The van der Waals surface area contributed by atoms with E-state index in [0.29, 0.717) is 6.04 Å². The van der Waals surface area contributed by atoms with Gasteiger partial charge in [0.05, 0.1) is 5.69 Å². The Bertz CT molecular complexity index is 424. The molecule has 0 amide bonds. The highest BCUT2D eigenvalue weighted by atomic mass is 15.3. The topological polar surface area (TPSA) is 29.9 Å². The Labute approximate surface area is 130 Å². The van der Waals surface area contributed by atoms with E-state index in [4.69, 9.17) is 0 Å². The maximum atomic E-state index is 4.62. The van der Waals surface area contributed by atoms with E-state index in [-0.39, 0.29) is 0 Å². The zero-order valence-corrected chi connectivity index (χ0v) is 14.4. The predicted octanol–water partition coefficient (Wildman–Crippen LogP) is 3.95. The number of nitrogens with zero attached hydrogens (tertiary/aromatic N) is 2. The van der Waals surface area contributed by atoms with Crippen LogP contribution in [-0.2, 0) is 13.0 Å². The minimum Gasteiger partial charge on any atom is -0.314 e. The molecule has 1 aliphatic carbocycles. The van der Waals surface area contributed by atoms with Crippen LogP contribution in [-0.4, -0.2) is 22.4 Å². The van der Waals surface area contributed by atoms with Gasteiger partial charge in [-0.3, -0.25) is 4.68 Å². The van der Waals surface area contributed by atoms with Crippen molar-refractivity contribution >= 4 is 0 Å². The summed E-state index contributed by atoms with van der Waals surface area (Å²) >= 11 is 0. The molecule has 2 rings (SSSR count). The number of hydrogen-bond donors (Lipinski definition) is 1. The predicted molar refractivity (Wildman–Crippen MR) is 89.5 cm³/mol. The lowest BCUT2D eigenvalue weighted by Gasteiger charge is -2.37. The van der Waals surface area contributed by atoms with E-state index in [2.05, 4.69) is 48.9 Å². The van der Waals surface area contributed by atoms with Crippen LogP contribution in [0, 0.1) is 18.8 Å². The molecule has 3 atom stereocenters. The number of aromatic nitrogens is 2. The summed E-state index contributed by atoms with van der Waals surface area (Å²) in [6.45, 7) is 10.9. The Morgan fingerprint density at radius 1 is 1.29 bits per heavy atom. The molecule has 3 nitrogen and oxygen atoms in total. The minimum atomic E-state index is 0.698. The first-order chi connectivity index (χ1) is 10.2. The monoisotopic (exact) mass is 291 g/mol. The molecule has 0 spiro atoms. The van der Waals surface area contributed by atoms with Crippen LogP contribution < -0.4 is 5.32 Å². The van der Waals surface area contributed by atoms with E-state index in [1.165, 1.54) is 44.2 Å². The van der Waals surface area contributed by atoms with Crippen LogP contribution in [0.25, 0.3) is 0 Å². The number of hydrogen-bond acceptors (Lipinski definition) is 2. The van der Waals surface area contributed by atoms with Crippen molar-refractivity contribution in [3.8, 4) is 0 Å². The summed E-state index contributed by atoms with van der Waals surface area (Å²) < 4.78 is 2.20. The molecular formula is C18H33N3. The maximum Gasteiger partial charge on any atom is 0.0596 e. The van der Waals surface area contributed by atoms with Gasteiger partial charge in [-0.05, 0) is 64.0 Å². The van der Waals surface area contributed by atoms with Gasteiger partial charge in [-0.25, -0.2) is 0 Å². The summed E-state index contributed by atoms with van der Waals surface area (Å²) in [4.78, 5) is 0. The normalized spacial score (nSPS) is 26.2. The quantitative estimate of drug-likeness (QED) is 0.824. The van der Waals surface area contributed by atoms with E-state index in [9.17, 15) is 0 Å². The summed E-state index contributed by atoms with van der Waals surface area (Å²) in [6.07, 6.45) is 8.07. The highest BCUT2D eigenvalue weighted by molar-refractivity contribution is 5.10. The van der Waals surface area contributed by atoms with Crippen molar-refractivity contribution in [2.24, 2.45) is 11.8 Å². The molecule has 0 bridgehead atoms. The van der Waals surface area contributed by atoms with Gasteiger partial charge in [0.1, 0.15) is 0 Å². The molecule has 1 aromatic rings. The van der Waals surface area contributed by atoms with Crippen molar-refractivity contribution in [3.05, 3.63) is 17.5 Å². The third kappa shape index (κ3) is 4.32. The number of aryl methyl sites for hydroxylation is 2. The highest BCUT2D eigenvalue weighted by Gasteiger charge is 2.30. The molecule has 1 saturated carbocycles. The zero-order valence-electron chi connectivity index (χ0n) is 14.4. The molecule has 3 unspecified atom stereocenters. The van der Waals surface area contributed by atoms with Crippen molar-refractivity contribution < 1.29 is 0 Å². The molecule has 0 radical (unpaired) electrons. The number of nitrogens with one attached hydrogen (secondary N) is 1. The third-order valence-electron chi connectivity index (χ3n) is 5.01. The van der Waals surface area contributed by atoms with Crippen LogP contribution in [0.15, 0.2) is 6.07 Å². The van der Waals surface area contributed by atoms with Crippen molar-refractivity contribution in [2.45, 2.75) is 78.8 Å². The van der Waals surface area contributed by atoms with E-state index in [1.807, 2.05) is 0 Å². The molecule has 0 aliphatic heterocycles. The van der Waals surface area contributed by atoms with Crippen molar-refractivity contribution in [2.75, 3.05) is 6.54 Å². The van der Waals surface area contributed by atoms with Gasteiger partial charge in [-0.15, -0.1) is 0 Å². The Morgan fingerprint density at radius 2 is 2.10 bits per heavy atom. The van der Waals surface area contributed by atoms with Gasteiger partial charge in [0.2, 0.25) is 0 Å². The third-order valence-corrected chi connectivity index (χ3v) is 5.01. The second-order valence-electron chi connectivity index (χ2n) is 6.69. The SMILES string of the molecule is CCCC1CCC(NCC)C(Cc2cc(C)nn2CC)C1. The summed E-state index contributed by atoms with van der Waals surface area (Å²) in [6, 6.07) is 2.99. The second-order valence-corrected chi connectivity index (χ2v) is 6.69. The standard InChI is InChI=1S/C18H33N3/c1-5-8-15-9-10-18(19-6-2)16(12-15)13-17-11-14(4)20-21(17)7-3/h11,15-16,18-19H,5-10,12-13H2,1-4H3. The Kier molecular flexibility index (Phi) is 6.28. The van der Waals surface area contributed by atoms with Crippen molar-refractivity contribution in [1.29, 1.82) is 0 Å². The molecule has 1 aromatic heterocycles. The molecule has 1 fully saturated rings. The molecule has 0 saturated heterocycles. The summed E-state index contributed by atoms with van der Waals surface area (Å²) in [5.74, 6) is 1.71. The molecule has 120 valence electrons. The first-order valence-corrected chi connectivity index (χ1v) is 8.94. The van der Waals surface area contributed by atoms with Crippen LogP contribution in [0.4, 0.5) is 0 Å².